The molecule has 2 fully saturated rings. The molecule has 2 unspecified atom stereocenters. The molecular formula is C14H28N2. The van der Waals surface area contributed by atoms with Crippen LogP contribution in [0.3, 0.4) is 0 Å². The third-order valence-electron chi connectivity index (χ3n) is 4.18. The molecule has 16 heavy (non-hydrogen) atoms. The first kappa shape index (κ1) is 12.4. The molecule has 0 bridgehead atoms. The van der Waals surface area contributed by atoms with E-state index in [1.165, 1.54) is 45.3 Å². The molecule has 0 aromatic rings. The van der Waals surface area contributed by atoms with Crippen molar-refractivity contribution in [2.24, 2.45) is 11.8 Å². The lowest BCUT2D eigenvalue weighted by molar-refractivity contribution is 0.213. The third kappa shape index (κ3) is 3.46. The smallest absolute Gasteiger partial charge is 0.0221 e. The van der Waals surface area contributed by atoms with E-state index in [0.717, 1.165) is 23.9 Å². The standard InChI is InChI=1S/C14H28N2/c1-11(2)7-9-16(13-4-5-13)10-14-12(3)6-8-15-14/h11-15H,4-10H2,1-3H3. The van der Waals surface area contributed by atoms with Gasteiger partial charge in [0.25, 0.3) is 0 Å². The van der Waals surface area contributed by atoms with Crippen LogP contribution in [0.1, 0.15) is 46.5 Å². The largest absolute Gasteiger partial charge is 0.312 e. The van der Waals surface area contributed by atoms with Crippen LogP contribution in [0.25, 0.3) is 0 Å². The highest BCUT2D eigenvalue weighted by Gasteiger charge is 2.32. The summed E-state index contributed by atoms with van der Waals surface area (Å²) in [6.45, 7) is 10.9. The summed E-state index contributed by atoms with van der Waals surface area (Å²) in [5.41, 5.74) is 0. The van der Waals surface area contributed by atoms with Crippen molar-refractivity contribution in [2.45, 2.75) is 58.5 Å². The first-order chi connectivity index (χ1) is 7.66. The quantitative estimate of drug-likeness (QED) is 0.746. The third-order valence-corrected chi connectivity index (χ3v) is 4.18. The van der Waals surface area contributed by atoms with Gasteiger partial charge in [-0.3, -0.25) is 4.90 Å². The van der Waals surface area contributed by atoms with E-state index < -0.39 is 0 Å². The van der Waals surface area contributed by atoms with Crippen molar-refractivity contribution in [3.8, 4) is 0 Å². The highest BCUT2D eigenvalue weighted by molar-refractivity contribution is 4.90. The Bertz CT molecular complexity index is 211. The van der Waals surface area contributed by atoms with Gasteiger partial charge in [-0.05, 0) is 50.6 Å². The molecule has 1 aliphatic carbocycles. The Hall–Kier alpha value is -0.0800. The fraction of sp³-hybridized carbons (Fsp3) is 1.00. The van der Waals surface area contributed by atoms with Crippen molar-refractivity contribution in [1.82, 2.24) is 10.2 Å². The van der Waals surface area contributed by atoms with Crippen LogP contribution in [0.2, 0.25) is 0 Å². The Morgan fingerprint density at radius 3 is 2.50 bits per heavy atom. The monoisotopic (exact) mass is 224 g/mol. The van der Waals surface area contributed by atoms with Crippen LogP contribution in [-0.4, -0.2) is 36.6 Å². The van der Waals surface area contributed by atoms with Gasteiger partial charge in [0.2, 0.25) is 0 Å². The van der Waals surface area contributed by atoms with Crippen LogP contribution in [0.5, 0.6) is 0 Å². The van der Waals surface area contributed by atoms with Gasteiger partial charge in [0.15, 0.2) is 0 Å². The van der Waals surface area contributed by atoms with E-state index in [4.69, 9.17) is 0 Å². The molecule has 0 amide bonds. The van der Waals surface area contributed by atoms with Crippen molar-refractivity contribution in [2.75, 3.05) is 19.6 Å². The Labute approximate surface area is 101 Å². The van der Waals surface area contributed by atoms with E-state index in [1.807, 2.05) is 0 Å². The lowest BCUT2D eigenvalue weighted by atomic mass is 10.0. The summed E-state index contributed by atoms with van der Waals surface area (Å²) >= 11 is 0. The fourth-order valence-corrected chi connectivity index (χ4v) is 2.68. The zero-order valence-corrected chi connectivity index (χ0v) is 11.2. The van der Waals surface area contributed by atoms with Gasteiger partial charge in [0.05, 0.1) is 0 Å². The molecule has 94 valence electrons. The lowest BCUT2D eigenvalue weighted by Crippen LogP contribution is -2.41. The molecule has 2 aliphatic rings. The molecule has 0 radical (unpaired) electrons. The van der Waals surface area contributed by atoms with Crippen molar-refractivity contribution in [1.29, 1.82) is 0 Å². The van der Waals surface area contributed by atoms with Crippen molar-refractivity contribution >= 4 is 0 Å². The second-order valence-electron chi connectivity index (χ2n) is 6.24. The molecule has 0 aromatic carbocycles. The summed E-state index contributed by atoms with van der Waals surface area (Å²) in [5, 5.41) is 3.67. The van der Waals surface area contributed by atoms with Crippen LogP contribution in [-0.2, 0) is 0 Å². The summed E-state index contributed by atoms with van der Waals surface area (Å²) in [6.07, 6.45) is 5.61. The molecular weight excluding hydrogens is 196 g/mol. The average molecular weight is 224 g/mol. The summed E-state index contributed by atoms with van der Waals surface area (Å²) in [5.74, 6) is 1.72. The fourth-order valence-electron chi connectivity index (χ4n) is 2.68. The van der Waals surface area contributed by atoms with Gasteiger partial charge < -0.3 is 5.32 Å². The van der Waals surface area contributed by atoms with Gasteiger partial charge in [-0.15, -0.1) is 0 Å². The van der Waals surface area contributed by atoms with Crippen molar-refractivity contribution < 1.29 is 0 Å². The molecule has 0 spiro atoms. The minimum Gasteiger partial charge on any atom is -0.312 e. The first-order valence-corrected chi connectivity index (χ1v) is 7.14. The molecule has 1 N–H and O–H groups in total. The molecule has 2 atom stereocenters. The SMILES string of the molecule is CC(C)CCN(CC1NCCC1C)C1CC1. The Morgan fingerprint density at radius 1 is 1.25 bits per heavy atom. The molecule has 2 rings (SSSR count). The van der Waals surface area contributed by atoms with Gasteiger partial charge in [-0.25, -0.2) is 0 Å². The van der Waals surface area contributed by atoms with Crippen LogP contribution in [0, 0.1) is 11.8 Å². The molecule has 1 saturated carbocycles. The highest BCUT2D eigenvalue weighted by Crippen LogP contribution is 2.29. The summed E-state index contributed by atoms with van der Waals surface area (Å²) in [6, 6.07) is 1.68. The number of nitrogens with one attached hydrogen (secondary N) is 1. The van der Waals surface area contributed by atoms with Crippen LogP contribution in [0.15, 0.2) is 0 Å². The summed E-state index contributed by atoms with van der Waals surface area (Å²) < 4.78 is 0. The molecule has 0 aromatic heterocycles. The molecule has 1 aliphatic heterocycles. The van der Waals surface area contributed by atoms with E-state index in [2.05, 4.69) is 31.0 Å². The number of hydrogen-bond acceptors (Lipinski definition) is 2. The minimum atomic E-state index is 0.757. The summed E-state index contributed by atoms with van der Waals surface area (Å²) in [4.78, 5) is 2.75. The second kappa shape index (κ2) is 5.50. The number of hydrogen-bond donors (Lipinski definition) is 1. The highest BCUT2D eigenvalue weighted by atomic mass is 15.2. The lowest BCUT2D eigenvalue weighted by Gasteiger charge is -2.28. The van der Waals surface area contributed by atoms with Crippen molar-refractivity contribution in [3.63, 3.8) is 0 Å². The normalized spacial score (nSPS) is 30.6. The predicted octanol–water partition coefficient (Wildman–Crippen LogP) is 2.49. The Morgan fingerprint density at radius 2 is 2.00 bits per heavy atom. The Kier molecular flexibility index (Phi) is 4.26. The van der Waals surface area contributed by atoms with Gasteiger partial charge >= 0.3 is 0 Å². The van der Waals surface area contributed by atoms with Crippen molar-refractivity contribution in [3.05, 3.63) is 0 Å². The van der Waals surface area contributed by atoms with Gasteiger partial charge in [-0.1, -0.05) is 20.8 Å². The average Bonchev–Trinajstić information content (AvgIpc) is 2.99. The molecule has 1 heterocycles. The zero-order valence-electron chi connectivity index (χ0n) is 11.2. The maximum absolute atomic E-state index is 3.67. The van der Waals surface area contributed by atoms with E-state index in [-0.39, 0.29) is 0 Å². The Balaban J connectivity index is 1.77. The molecule has 1 saturated heterocycles. The van der Waals surface area contributed by atoms with Crippen LogP contribution >= 0.6 is 0 Å². The maximum Gasteiger partial charge on any atom is 0.0221 e. The number of nitrogens with zero attached hydrogens (tertiary/aromatic N) is 1. The van der Waals surface area contributed by atoms with Gasteiger partial charge in [-0.2, -0.15) is 0 Å². The van der Waals surface area contributed by atoms with E-state index >= 15 is 0 Å². The van der Waals surface area contributed by atoms with Crippen LogP contribution in [0.4, 0.5) is 0 Å². The van der Waals surface area contributed by atoms with E-state index in [0.29, 0.717) is 0 Å². The first-order valence-electron chi connectivity index (χ1n) is 7.14. The predicted molar refractivity (Wildman–Crippen MR) is 69.6 cm³/mol. The van der Waals surface area contributed by atoms with E-state index in [1.54, 1.807) is 0 Å². The molecule has 2 nitrogen and oxygen atoms in total. The second-order valence-corrected chi connectivity index (χ2v) is 6.24. The van der Waals surface area contributed by atoms with Gasteiger partial charge in [0, 0.05) is 18.6 Å². The zero-order chi connectivity index (χ0) is 11.5. The van der Waals surface area contributed by atoms with Crippen LogP contribution < -0.4 is 5.32 Å². The summed E-state index contributed by atoms with van der Waals surface area (Å²) in [7, 11) is 0. The topological polar surface area (TPSA) is 15.3 Å². The van der Waals surface area contributed by atoms with E-state index in [9.17, 15) is 0 Å². The maximum atomic E-state index is 3.67. The molecule has 2 heteroatoms. The number of rotatable bonds is 6. The van der Waals surface area contributed by atoms with Gasteiger partial charge in [0.1, 0.15) is 0 Å². The minimum absolute atomic E-state index is 0.757.